The van der Waals surface area contributed by atoms with Gasteiger partial charge in [0, 0.05) is 6.04 Å². The minimum atomic E-state index is 0.105. The molecule has 0 aliphatic carbocycles. The van der Waals surface area contributed by atoms with Gasteiger partial charge in [0.25, 0.3) is 0 Å². The molecule has 1 atom stereocenters. The first-order valence-electron chi connectivity index (χ1n) is 8.08. The summed E-state index contributed by atoms with van der Waals surface area (Å²) in [6.07, 6.45) is 0. The molecule has 1 N–H and O–H groups in total. The third kappa shape index (κ3) is 5.43. The van der Waals surface area contributed by atoms with Crippen molar-refractivity contribution in [2.75, 3.05) is 5.75 Å². The van der Waals surface area contributed by atoms with Gasteiger partial charge in [0.05, 0.1) is 11.0 Å². The molecule has 3 heteroatoms. The molecule has 0 aliphatic heterocycles. The van der Waals surface area contributed by atoms with Gasteiger partial charge in [0.15, 0.2) is 0 Å². The summed E-state index contributed by atoms with van der Waals surface area (Å²) in [7, 11) is 0. The highest BCUT2D eigenvalue weighted by atomic mass is 32.2. The Bertz CT molecular complexity index is 558. The zero-order chi connectivity index (χ0) is 16.7. The van der Waals surface area contributed by atoms with Crippen molar-refractivity contribution in [1.82, 2.24) is 5.32 Å². The predicted molar refractivity (Wildman–Crippen MR) is 99.6 cm³/mol. The molecule has 1 amide bonds. The monoisotopic (exact) mass is 327 g/mol. The third-order valence-corrected chi connectivity index (χ3v) is 5.28. The second-order valence-corrected chi connectivity index (χ2v) is 7.21. The van der Waals surface area contributed by atoms with E-state index < -0.39 is 0 Å². The van der Waals surface area contributed by atoms with E-state index in [0.717, 1.165) is 0 Å². The maximum Gasteiger partial charge on any atom is 0.230 e. The van der Waals surface area contributed by atoms with Crippen molar-refractivity contribution >= 4 is 17.7 Å². The highest BCUT2D eigenvalue weighted by Gasteiger charge is 2.17. The van der Waals surface area contributed by atoms with Gasteiger partial charge in [-0.05, 0) is 24.0 Å². The Morgan fingerprint density at radius 1 is 0.913 bits per heavy atom. The fourth-order valence-corrected chi connectivity index (χ4v) is 3.36. The number of hydrogen-bond donors (Lipinski definition) is 1. The number of carbonyl (C=O) groups excluding carboxylic acids is 1. The highest BCUT2D eigenvalue weighted by Crippen LogP contribution is 2.35. The topological polar surface area (TPSA) is 29.1 Å². The average molecular weight is 327 g/mol. The van der Waals surface area contributed by atoms with Crippen LogP contribution in [0.1, 0.15) is 37.1 Å². The molecule has 0 heterocycles. The average Bonchev–Trinajstić information content (AvgIpc) is 2.57. The summed E-state index contributed by atoms with van der Waals surface area (Å²) in [4.78, 5) is 12.2. The molecule has 23 heavy (non-hydrogen) atoms. The summed E-state index contributed by atoms with van der Waals surface area (Å²) in [5, 5.41) is 3.26. The molecule has 2 aromatic carbocycles. The van der Waals surface area contributed by atoms with Crippen LogP contribution in [-0.2, 0) is 4.79 Å². The number of hydrogen-bond acceptors (Lipinski definition) is 2. The van der Waals surface area contributed by atoms with Crippen molar-refractivity contribution in [1.29, 1.82) is 0 Å². The number of benzene rings is 2. The third-order valence-electron chi connectivity index (χ3n) is 3.97. The summed E-state index contributed by atoms with van der Waals surface area (Å²) in [6, 6.07) is 20.9. The smallest absolute Gasteiger partial charge is 0.230 e. The fraction of sp³-hybridized carbons (Fsp3) is 0.350. The lowest BCUT2D eigenvalue weighted by Crippen LogP contribution is -2.37. The molecular formula is C20H25NOS. The lowest BCUT2D eigenvalue weighted by molar-refractivity contribution is -0.119. The number of thioether (sulfide) groups is 1. The van der Waals surface area contributed by atoms with Crippen LogP contribution in [0.25, 0.3) is 0 Å². The molecule has 0 radical (unpaired) electrons. The van der Waals surface area contributed by atoms with Crippen LogP contribution in [0.15, 0.2) is 60.7 Å². The van der Waals surface area contributed by atoms with E-state index in [9.17, 15) is 4.79 Å². The molecule has 0 saturated heterocycles. The molecule has 0 fully saturated rings. The zero-order valence-corrected chi connectivity index (χ0v) is 14.8. The summed E-state index contributed by atoms with van der Waals surface area (Å²) < 4.78 is 0. The summed E-state index contributed by atoms with van der Waals surface area (Å²) >= 11 is 1.68. The Morgan fingerprint density at radius 2 is 1.39 bits per heavy atom. The Balaban J connectivity index is 2.06. The van der Waals surface area contributed by atoms with Gasteiger partial charge in [-0.15, -0.1) is 11.8 Å². The first-order valence-corrected chi connectivity index (χ1v) is 9.13. The van der Waals surface area contributed by atoms with Gasteiger partial charge in [0.1, 0.15) is 0 Å². The summed E-state index contributed by atoms with van der Waals surface area (Å²) in [5.74, 6) is 1.02. The van der Waals surface area contributed by atoms with Crippen LogP contribution in [0.4, 0.5) is 0 Å². The van der Waals surface area contributed by atoms with E-state index in [4.69, 9.17) is 0 Å². The number of carbonyl (C=O) groups is 1. The van der Waals surface area contributed by atoms with Crippen LogP contribution in [0.2, 0.25) is 0 Å². The Hall–Kier alpha value is -1.74. The van der Waals surface area contributed by atoms with E-state index in [0.29, 0.717) is 11.7 Å². The Kier molecular flexibility index (Phi) is 6.72. The first-order chi connectivity index (χ1) is 11.1. The van der Waals surface area contributed by atoms with Gasteiger partial charge >= 0.3 is 0 Å². The predicted octanol–water partition coefficient (Wildman–Crippen LogP) is 4.67. The molecule has 2 aromatic rings. The van der Waals surface area contributed by atoms with Crippen molar-refractivity contribution in [3.05, 3.63) is 71.8 Å². The molecule has 0 aromatic heterocycles. The van der Waals surface area contributed by atoms with Gasteiger partial charge in [-0.3, -0.25) is 4.79 Å². The lowest BCUT2D eigenvalue weighted by atomic mass is 10.0. The Labute approximate surface area is 143 Å². The van der Waals surface area contributed by atoms with Crippen molar-refractivity contribution < 1.29 is 4.79 Å². The zero-order valence-electron chi connectivity index (χ0n) is 14.0. The number of amides is 1. The van der Waals surface area contributed by atoms with E-state index in [1.807, 2.05) is 36.4 Å². The molecule has 122 valence electrons. The van der Waals surface area contributed by atoms with E-state index in [2.05, 4.69) is 50.4 Å². The van der Waals surface area contributed by atoms with E-state index in [1.165, 1.54) is 11.1 Å². The van der Waals surface area contributed by atoms with Crippen LogP contribution < -0.4 is 5.32 Å². The number of nitrogens with one attached hydrogen (secondary N) is 1. The second-order valence-electron chi connectivity index (χ2n) is 6.11. The van der Waals surface area contributed by atoms with Crippen molar-refractivity contribution in [3.63, 3.8) is 0 Å². The van der Waals surface area contributed by atoms with Gasteiger partial charge in [0.2, 0.25) is 5.91 Å². The normalized spacial score (nSPS) is 12.4. The standard InChI is InChI=1S/C20H25NOS/c1-15(2)16(3)21-19(22)14-23-20(17-10-6-4-7-11-17)18-12-8-5-9-13-18/h4-13,15-16,20H,14H2,1-3H3,(H,21,22). The quantitative estimate of drug-likeness (QED) is 0.800. The largest absolute Gasteiger partial charge is 0.353 e. The fourth-order valence-electron chi connectivity index (χ4n) is 2.26. The van der Waals surface area contributed by atoms with Crippen molar-refractivity contribution in [2.24, 2.45) is 5.92 Å². The SMILES string of the molecule is CC(C)C(C)NC(=O)CSC(c1ccccc1)c1ccccc1. The molecule has 0 spiro atoms. The van der Waals surface area contributed by atoms with Crippen LogP contribution >= 0.6 is 11.8 Å². The van der Waals surface area contributed by atoms with E-state index in [1.54, 1.807) is 11.8 Å². The minimum Gasteiger partial charge on any atom is -0.353 e. The van der Waals surface area contributed by atoms with Gasteiger partial charge in [-0.2, -0.15) is 0 Å². The minimum absolute atomic E-state index is 0.105. The number of rotatable bonds is 7. The molecule has 2 rings (SSSR count). The Morgan fingerprint density at radius 3 is 1.83 bits per heavy atom. The maximum absolute atomic E-state index is 12.2. The summed E-state index contributed by atoms with van der Waals surface area (Å²) in [5.41, 5.74) is 2.46. The molecule has 2 nitrogen and oxygen atoms in total. The maximum atomic E-state index is 12.2. The van der Waals surface area contributed by atoms with Gasteiger partial charge in [-0.1, -0.05) is 74.5 Å². The van der Waals surface area contributed by atoms with Crippen LogP contribution in [-0.4, -0.2) is 17.7 Å². The van der Waals surface area contributed by atoms with Crippen LogP contribution in [0, 0.1) is 5.92 Å². The lowest BCUT2D eigenvalue weighted by Gasteiger charge is -2.20. The van der Waals surface area contributed by atoms with Crippen molar-refractivity contribution in [2.45, 2.75) is 32.1 Å². The molecule has 0 saturated carbocycles. The van der Waals surface area contributed by atoms with Crippen LogP contribution in [0.3, 0.4) is 0 Å². The first kappa shape index (κ1) is 17.6. The molecular weight excluding hydrogens is 302 g/mol. The molecule has 1 unspecified atom stereocenters. The second kappa shape index (κ2) is 8.78. The van der Waals surface area contributed by atoms with E-state index in [-0.39, 0.29) is 17.2 Å². The van der Waals surface area contributed by atoms with Gasteiger partial charge < -0.3 is 5.32 Å². The van der Waals surface area contributed by atoms with Gasteiger partial charge in [-0.25, -0.2) is 0 Å². The molecule has 0 bridgehead atoms. The molecule has 0 aliphatic rings. The van der Waals surface area contributed by atoms with Crippen molar-refractivity contribution in [3.8, 4) is 0 Å². The highest BCUT2D eigenvalue weighted by molar-refractivity contribution is 8.00. The summed E-state index contributed by atoms with van der Waals surface area (Å²) in [6.45, 7) is 6.29. The van der Waals surface area contributed by atoms with E-state index >= 15 is 0 Å². The van der Waals surface area contributed by atoms with Crippen LogP contribution in [0.5, 0.6) is 0 Å².